The van der Waals surface area contributed by atoms with Gasteiger partial charge >= 0.3 is 0 Å². The Morgan fingerprint density at radius 2 is 2.07 bits per heavy atom. The molecule has 0 aromatic heterocycles. The molecule has 0 saturated heterocycles. The molecule has 0 amide bonds. The lowest BCUT2D eigenvalue weighted by atomic mass is 10.0. The van der Waals surface area contributed by atoms with Crippen molar-refractivity contribution in [3.63, 3.8) is 0 Å². The van der Waals surface area contributed by atoms with Gasteiger partial charge in [-0.05, 0) is 0 Å². The molecular weight excluding hydrogens is 192 g/mol. The van der Waals surface area contributed by atoms with Gasteiger partial charge < -0.3 is 29.6 Å². The summed E-state index contributed by atoms with van der Waals surface area (Å²) in [5.74, 6) is 0. The normalized spacial score (nSPS) is 21.6. The highest BCUT2D eigenvalue weighted by Gasteiger charge is 2.32. The van der Waals surface area contributed by atoms with Gasteiger partial charge in [0.05, 0.1) is 9.35 Å². The molecule has 3 N–H and O–H groups in total. The molecule has 0 aromatic rings. The summed E-state index contributed by atoms with van der Waals surface area (Å²) < 4.78 is 23.0. The average Bonchev–Trinajstić information content (AvgIpc) is 2.31. The summed E-state index contributed by atoms with van der Waals surface area (Å²) in [5, 5.41) is 27.3. The van der Waals surface area contributed by atoms with Crippen LogP contribution >= 0.6 is 0 Å². The Kier molecular flexibility index (Phi) is 4.90. The van der Waals surface area contributed by atoms with Gasteiger partial charge in [-0.25, -0.2) is 0 Å². The molecule has 0 radical (unpaired) electrons. The lowest BCUT2D eigenvalue weighted by Crippen LogP contribution is -2.48. The second-order valence-corrected chi connectivity index (χ2v) is 2.64. The number of methoxy groups -OCH3 is 2. The number of aldehydes is 1. The van der Waals surface area contributed by atoms with Crippen LogP contribution in [-0.2, 0) is 14.3 Å². The first-order chi connectivity index (χ1) is 7.62. The van der Waals surface area contributed by atoms with Crippen LogP contribution in [0.15, 0.2) is 0 Å². The topological polar surface area (TPSA) is 96.2 Å². The predicted molar refractivity (Wildman–Crippen MR) is 46.8 cm³/mol. The fourth-order valence-electron chi connectivity index (χ4n) is 0.926. The van der Waals surface area contributed by atoms with E-state index in [0.717, 1.165) is 0 Å². The van der Waals surface area contributed by atoms with Crippen molar-refractivity contribution >= 4 is 6.29 Å². The quantitative estimate of drug-likeness (QED) is 0.418. The predicted octanol–water partition coefficient (Wildman–Crippen LogP) is -2.07. The fraction of sp³-hybridized carbons (Fsp3) is 0.875. The maximum Gasteiger partial charge on any atom is 0.151 e. The van der Waals surface area contributed by atoms with Crippen LogP contribution in [0.1, 0.15) is 2.74 Å². The molecule has 0 rings (SSSR count). The molecule has 0 unspecified atom stereocenters. The van der Waals surface area contributed by atoms with Crippen LogP contribution in [0.2, 0.25) is 0 Å². The zero-order valence-electron chi connectivity index (χ0n) is 9.57. The van der Waals surface area contributed by atoms with Crippen molar-refractivity contribution in [1.82, 2.24) is 0 Å². The van der Waals surface area contributed by atoms with Gasteiger partial charge in [-0.15, -0.1) is 0 Å². The molecule has 0 heterocycles. The molecule has 0 fully saturated rings. The lowest BCUT2D eigenvalue weighted by molar-refractivity contribution is -0.148. The van der Waals surface area contributed by atoms with E-state index in [1.165, 1.54) is 0 Å². The number of hydrogen-bond acceptors (Lipinski definition) is 6. The summed E-state index contributed by atoms with van der Waals surface area (Å²) in [6.45, 7) is -0.717. The first-order valence-electron chi connectivity index (χ1n) is 5.27. The number of ether oxygens (including phenoxy) is 2. The largest absolute Gasteiger partial charge is 0.394 e. The van der Waals surface area contributed by atoms with Crippen LogP contribution in [0.5, 0.6) is 0 Å². The van der Waals surface area contributed by atoms with Crippen molar-refractivity contribution in [1.29, 1.82) is 0 Å². The van der Waals surface area contributed by atoms with E-state index in [2.05, 4.69) is 4.74 Å². The Morgan fingerprint density at radius 1 is 1.43 bits per heavy atom. The molecule has 0 saturated carbocycles. The van der Waals surface area contributed by atoms with Crippen molar-refractivity contribution in [3.8, 4) is 0 Å². The molecule has 6 nitrogen and oxygen atoms in total. The van der Waals surface area contributed by atoms with Crippen molar-refractivity contribution < 1.29 is 32.3 Å². The summed E-state index contributed by atoms with van der Waals surface area (Å²) in [7, 11) is -1.07. The molecule has 4 atom stereocenters. The number of carbonyl (C=O) groups excluding carboxylic acids is 1. The van der Waals surface area contributed by atoms with Crippen LogP contribution in [0.4, 0.5) is 0 Å². The van der Waals surface area contributed by atoms with E-state index in [1.807, 2.05) is 0 Å². The van der Waals surface area contributed by atoms with Crippen molar-refractivity contribution in [2.45, 2.75) is 24.4 Å². The van der Waals surface area contributed by atoms with Gasteiger partial charge in [0.15, 0.2) is 6.29 Å². The summed E-state index contributed by atoms with van der Waals surface area (Å²) in [6.07, 6.45) is -5.32. The highest BCUT2D eigenvalue weighted by Crippen LogP contribution is 2.09. The Labute approximate surface area is 84.9 Å². The fourth-order valence-corrected chi connectivity index (χ4v) is 0.926. The van der Waals surface area contributed by atoms with Crippen LogP contribution in [0.3, 0.4) is 0 Å². The smallest absolute Gasteiger partial charge is 0.151 e. The number of hydrogen-bond donors (Lipinski definition) is 3. The van der Waals surface area contributed by atoms with Gasteiger partial charge in [-0.1, -0.05) is 0 Å². The number of aliphatic hydroxyl groups excluding tert-OH is 3. The Morgan fingerprint density at radius 3 is 2.50 bits per heavy atom. The molecular formula is C8H16O6. The number of aliphatic hydroxyl groups is 3. The summed E-state index contributed by atoms with van der Waals surface area (Å²) in [5.41, 5.74) is 0. The second-order valence-electron chi connectivity index (χ2n) is 2.64. The third-order valence-electron chi connectivity index (χ3n) is 1.76. The van der Waals surface area contributed by atoms with E-state index in [-0.39, 0.29) is 0 Å². The molecule has 0 aromatic carbocycles. The maximum absolute atomic E-state index is 10.6. The monoisotopic (exact) mass is 210 g/mol. The lowest BCUT2D eigenvalue weighted by Gasteiger charge is -2.27. The van der Waals surface area contributed by atoms with Crippen LogP contribution in [-0.4, -0.2) is 66.8 Å². The molecule has 84 valence electrons. The van der Waals surface area contributed by atoms with Gasteiger partial charge in [0, 0.05) is 14.2 Å². The molecule has 0 bridgehead atoms. The van der Waals surface area contributed by atoms with E-state index in [4.69, 9.17) is 12.6 Å². The highest BCUT2D eigenvalue weighted by molar-refractivity contribution is 5.57. The van der Waals surface area contributed by atoms with Crippen molar-refractivity contribution in [2.75, 3.05) is 20.8 Å². The summed E-state index contributed by atoms with van der Waals surface area (Å²) >= 11 is 0. The van der Waals surface area contributed by atoms with Gasteiger partial charge in [0.1, 0.15) is 24.4 Å². The van der Waals surface area contributed by atoms with Gasteiger partial charge in [0.25, 0.3) is 0 Å². The van der Waals surface area contributed by atoms with Gasteiger partial charge in [-0.3, -0.25) is 0 Å². The Balaban J connectivity index is 4.60. The minimum atomic E-state index is -1.57. The minimum Gasteiger partial charge on any atom is -0.394 e. The third kappa shape index (κ3) is 3.32. The zero-order valence-corrected chi connectivity index (χ0v) is 7.57. The SMILES string of the molecule is [2H]CO[C@@H]([C@H](O)[C@H](O)CO)[C@H](C=O)OC[2H]. The number of carbonyl (C=O) groups is 1. The second kappa shape index (κ2) is 6.86. The Bertz CT molecular complexity index is 193. The highest BCUT2D eigenvalue weighted by atomic mass is 16.5. The van der Waals surface area contributed by atoms with Gasteiger partial charge in [0.2, 0.25) is 0 Å². The molecule has 0 aliphatic carbocycles. The molecule has 0 aliphatic rings. The number of rotatable bonds is 7. The molecule has 0 aliphatic heterocycles. The molecule has 6 heteroatoms. The van der Waals surface area contributed by atoms with Gasteiger partial charge in [-0.2, -0.15) is 0 Å². The van der Waals surface area contributed by atoms with Crippen LogP contribution in [0.25, 0.3) is 0 Å². The minimum absolute atomic E-state index is 0.308. The zero-order chi connectivity index (χ0) is 12.6. The summed E-state index contributed by atoms with van der Waals surface area (Å²) in [6, 6.07) is 0. The Hall–Kier alpha value is -0.530. The standard InChI is InChI=1S/C8H16O6/c1-13-6(4-10)8(14-2)7(12)5(11)3-9/h4-9,11-12H,3H2,1-2H3/t5-,6+,7-,8-/m1/s1/i1D,2D. The van der Waals surface area contributed by atoms with E-state index in [1.54, 1.807) is 0 Å². The van der Waals surface area contributed by atoms with E-state index in [0.29, 0.717) is 6.29 Å². The first kappa shape index (κ1) is 10.0. The maximum atomic E-state index is 10.6. The van der Waals surface area contributed by atoms with Crippen LogP contribution < -0.4 is 0 Å². The molecule has 0 spiro atoms. The molecule has 14 heavy (non-hydrogen) atoms. The van der Waals surface area contributed by atoms with Crippen molar-refractivity contribution in [2.24, 2.45) is 0 Å². The average molecular weight is 210 g/mol. The van der Waals surface area contributed by atoms with Crippen LogP contribution in [0, 0.1) is 0 Å². The van der Waals surface area contributed by atoms with E-state index >= 15 is 0 Å². The summed E-state index contributed by atoms with van der Waals surface area (Å²) in [4.78, 5) is 10.6. The van der Waals surface area contributed by atoms with Crippen molar-refractivity contribution in [3.05, 3.63) is 0 Å². The van der Waals surface area contributed by atoms with E-state index in [9.17, 15) is 15.0 Å². The van der Waals surface area contributed by atoms with E-state index < -0.39 is 45.2 Å². The first-order valence-corrected chi connectivity index (χ1v) is 3.86. The third-order valence-corrected chi connectivity index (χ3v) is 1.76.